The standard InChI is InChI=1S/C12H14N4O2S/c17-12(4-11-2-1-3-19-11)13-6-10-7-16-9(8-18-10)5-14-15-16/h1-3,5,10H,4,6-8H2,(H,13,17). The third-order valence-electron chi connectivity index (χ3n) is 2.98. The molecular weight excluding hydrogens is 264 g/mol. The monoisotopic (exact) mass is 278 g/mol. The number of rotatable bonds is 4. The zero-order valence-electron chi connectivity index (χ0n) is 10.3. The molecule has 1 N–H and O–H groups in total. The zero-order chi connectivity index (χ0) is 13.1. The second kappa shape index (κ2) is 5.50. The lowest BCUT2D eigenvalue weighted by molar-refractivity contribution is -0.121. The maximum absolute atomic E-state index is 11.8. The molecule has 6 nitrogen and oxygen atoms in total. The van der Waals surface area contributed by atoms with Crippen molar-refractivity contribution in [2.75, 3.05) is 6.54 Å². The van der Waals surface area contributed by atoms with E-state index in [0.717, 1.165) is 10.6 Å². The molecule has 0 fully saturated rings. The summed E-state index contributed by atoms with van der Waals surface area (Å²) in [6, 6.07) is 3.91. The van der Waals surface area contributed by atoms with Crippen LogP contribution in [0.25, 0.3) is 0 Å². The molecule has 0 saturated carbocycles. The number of ether oxygens (including phenoxy) is 1. The quantitative estimate of drug-likeness (QED) is 0.889. The van der Waals surface area contributed by atoms with Crippen molar-refractivity contribution in [1.82, 2.24) is 20.3 Å². The van der Waals surface area contributed by atoms with E-state index in [1.54, 1.807) is 17.5 Å². The van der Waals surface area contributed by atoms with Gasteiger partial charge in [0, 0.05) is 11.4 Å². The maximum atomic E-state index is 11.8. The van der Waals surface area contributed by atoms with Gasteiger partial charge in [-0.1, -0.05) is 11.3 Å². The van der Waals surface area contributed by atoms with E-state index < -0.39 is 0 Å². The Hall–Kier alpha value is -1.73. The summed E-state index contributed by atoms with van der Waals surface area (Å²) in [5.74, 6) is 0.0236. The van der Waals surface area contributed by atoms with Gasteiger partial charge in [0.1, 0.15) is 0 Å². The molecule has 19 heavy (non-hydrogen) atoms. The number of aromatic nitrogens is 3. The summed E-state index contributed by atoms with van der Waals surface area (Å²) < 4.78 is 7.45. The fourth-order valence-corrected chi connectivity index (χ4v) is 2.68. The Balaban J connectivity index is 1.47. The van der Waals surface area contributed by atoms with Gasteiger partial charge in [-0.3, -0.25) is 4.79 Å². The van der Waals surface area contributed by atoms with E-state index in [0.29, 0.717) is 26.1 Å². The number of fused-ring (bicyclic) bond motifs is 1. The predicted octanol–water partition coefficient (Wildman–Crippen LogP) is 0.597. The number of amides is 1. The van der Waals surface area contributed by atoms with Crippen LogP contribution in [0.4, 0.5) is 0 Å². The number of hydrogen-bond acceptors (Lipinski definition) is 5. The van der Waals surface area contributed by atoms with Gasteiger partial charge in [0.15, 0.2) is 0 Å². The lowest BCUT2D eigenvalue weighted by atomic mass is 10.2. The van der Waals surface area contributed by atoms with Gasteiger partial charge < -0.3 is 10.1 Å². The van der Waals surface area contributed by atoms with E-state index in [-0.39, 0.29) is 12.0 Å². The molecule has 0 aromatic carbocycles. The van der Waals surface area contributed by atoms with Crippen molar-refractivity contribution in [3.63, 3.8) is 0 Å². The van der Waals surface area contributed by atoms with Crippen molar-refractivity contribution < 1.29 is 9.53 Å². The van der Waals surface area contributed by atoms with Gasteiger partial charge in [-0.05, 0) is 11.4 Å². The normalized spacial score (nSPS) is 18.0. The summed E-state index contributed by atoms with van der Waals surface area (Å²) in [4.78, 5) is 12.8. The van der Waals surface area contributed by atoms with Crippen LogP contribution in [0, 0.1) is 0 Å². The summed E-state index contributed by atoms with van der Waals surface area (Å²) in [7, 11) is 0. The number of carbonyl (C=O) groups excluding carboxylic acids is 1. The molecule has 3 heterocycles. The maximum Gasteiger partial charge on any atom is 0.225 e. The molecule has 0 saturated heterocycles. The molecule has 3 rings (SSSR count). The molecule has 1 aliphatic heterocycles. The first-order valence-electron chi connectivity index (χ1n) is 6.09. The van der Waals surface area contributed by atoms with Crippen LogP contribution >= 0.6 is 11.3 Å². The average Bonchev–Trinajstić information content (AvgIpc) is 3.06. The van der Waals surface area contributed by atoms with Gasteiger partial charge in [-0.25, -0.2) is 4.68 Å². The fourth-order valence-electron chi connectivity index (χ4n) is 1.98. The largest absolute Gasteiger partial charge is 0.368 e. The SMILES string of the molecule is O=C(Cc1cccs1)NCC1Cn2nncc2CO1. The van der Waals surface area contributed by atoms with E-state index in [9.17, 15) is 4.79 Å². The minimum Gasteiger partial charge on any atom is -0.368 e. The number of nitrogens with zero attached hydrogens (tertiary/aromatic N) is 3. The van der Waals surface area contributed by atoms with Crippen molar-refractivity contribution in [1.29, 1.82) is 0 Å². The first-order valence-corrected chi connectivity index (χ1v) is 6.97. The van der Waals surface area contributed by atoms with Crippen molar-refractivity contribution in [2.24, 2.45) is 0 Å². The van der Waals surface area contributed by atoms with Crippen LogP contribution in [-0.4, -0.2) is 33.5 Å². The van der Waals surface area contributed by atoms with E-state index >= 15 is 0 Å². The van der Waals surface area contributed by atoms with Gasteiger partial charge in [0.2, 0.25) is 5.91 Å². The summed E-state index contributed by atoms with van der Waals surface area (Å²) in [5, 5.41) is 12.7. The van der Waals surface area contributed by atoms with E-state index in [2.05, 4.69) is 15.6 Å². The molecule has 2 aromatic heterocycles. The Morgan fingerprint density at radius 3 is 3.42 bits per heavy atom. The van der Waals surface area contributed by atoms with Crippen molar-refractivity contribution in [3.8, 4) is 0 Å². The third kappa shape index (κ3) is 2.99. The summed E-state index contributed by atoms with van der Waals surface area (Å²) in [6.07, 6.45) is 2.09. The van der Waals surface area contributed by atoms with E-state index in [4.69, 9.17) is 4.74 Å². The Labute approximate surface area is 114 Å². The number of hydrogen-bond donors (Lipinski definition) is 1. The van der Waals surface area contributed by atoms with E-state index in [1.807, 2.05) is 22.2 Å². The van der Waals surface area contributed by atoms with Gasteiger partial charge in [0.05, 0.1) is 37.6 Å². The van der Waals surface area contributed by atoms with Gasteiger partial charge in [0.25, 0.3) is 0 Å². The Bertz CT molecular complexity index is 552. The van der Waals surface area contributed by atoms with Crippen LogP contribution in [-0.2, 0) is 29.1 Å². The molecule has 0 bridgehead atoms. The second-order valence-electron chi connectivity index (χ2n) is 4.40. The van der Waals surface area contributed by atoms with Gasteiger partial charge in [-0.15, -0.1) is 16.4 Å². The van der Waals surface area contributed by atoms with Gasteiger partial charge in [-0.2, -0.15) is 0 Å². The second-order valence-corrected chi connectivity index (χ2v) is 5.43. The Morgan fingerprint density at radius 1 is 1.63 bits per heavy atom. The zero-order valence-corrected chi connectivity index (χ0v) is 11.1. The highest BCUT2D eigenvalue weighted by atomic mass is 32.1. The van der Waals surface area contributed by atoms with E-state index in [1.165, 1.54) is 0 Å². The van der Waals surface area contributed by atoms with Crippen LogP contribution in [0.2, 0.25) is 0 Å². The molecule has 0 spiro atoms. The Morgan fingerprint density at radius 2 is 2.58 bits per heavy atom. The van der Waals surface area contributed by atoms with Crippen LogP contribution < -0.4 is 5.32 Å². The van der Waals surface area contributed by atoms with Crippen LogP contribution in [0.3, 0.4) is 0 Å². The predicted molar refractivity (Wildman–Crippen MR) is 69.6 cm³/mol. The molecule has 2 aromatic rings. The minimum atomic E-state index is -0.0403. The minimum absolute atomic E-state index is 0.0236. The third-order valence-corrected chi connectivity index (χ3v) is 3.86. The number of thiophene rings is 1. The highest BCUT2D eigenvalue weighted by molar-refractivity contribution is 7.10. The smallest absolute Gasteiger partial charge is 0.225 e. The molecule has 100 valence electrons. The topological polar surface area (TPSA) is 69.0 Å². The highest BCUT2D eigenvalue weighted by Crippen LogP contribution is 2.11. The molecule has 0 radical (unpaired) electrons. The molecule has 1 aliphatic rings. The summed E-state index contributed by atoms with van der Waals surface area (Å²) in [6.45, 7) is 1.64. The lowest BCUT2D eigenvalue weighted by Gasteiger charge is -2.23. The van der Waals surface area contributed by atoms with Crippen molar-refractivity contribution in [3.05, 3.63) is 34.3 Å². The molecule has 1 unspecified atom stereocenters. The summed E-state index contributed by atoms with van der Waals surface area (Å²) >= 11 is 1.59. The summed E-state index contributed by atoms with van der Waals surface area (Å²) in [5.41, 5.74) is 0.973. The number of nitrogens with one attached hydrogen (secondary N) is 1. The molecule has 1 atom stereocenters. The van der Waals surface area contributed by atoms with Crippen LogP contribution in [0.1, 0.15) is 10.6 Å². The van der Waals surface area contributed by atoms with Crippen LogP contribution in [0.5, 0.6) is 0 Å². The molecular formula is C12H14N4O2S. The molecule has 7 heteroatoms. The highest BCUT2D eigenvalue weighted by Gasteiger charge is 2.20. The molecule has 1 amide bonds. The first kappa shape index (κ1) is 12.3. The average molecular weight is 278 g/mol. The van der Waals surface area contributed by atoms with Crippen molar-refractivity contribution >= 4 is 17.2 Å². The van der Waals surface area contributed by atoms with Gasteiger partial charge >= 0.3 is 0 Å². The number of carbonyl (C=O) groups is 1. The Kier molecular flexibility index (Phi) is 3.56. The lowest BCUT2D eigenvalue weighted by Crippen LogP contribution is -2.39. The molecule has 0 aliphatic carbocycles. The first-order chi connectivity index (χ1) is 9.31. The fraction of sp³-hybridized carbons (Fsp3) is 0.417. The van der Waals surface area contributed by atoms with Crippen molar-refractivity contribution in [2.45, 2.75) is 25.7 Å². The van der Waals surface area contributed by atoms with Crippen LogP contribution in [0.15, 0.2) is 23.7 Å².